The molecule has 1 amide bonds. The summed E-state index contributed by atoms with van der Waals surface area (Å²) >= 11 is 0. The molecular weight excluding hydrogens is 376 g/mol. The first-order valence-electron chi connectivity index (χ1n) is 10.7. The van der Waals surface area contributed by atoms with Gasteiger partial charge in [-0.3, -0.25) is 14.6 Å². The van der Waals surface area contributed by atoms with Gasteiger partial charge in [0.15, 0.2) is 11.6 Å². The molecule has 1 unspecified atom stereocenters. The summed E-state index contributed by atoms with van der Waals surface area (Å²) in [5.74, 6) is -1.76. The van der Waals surface area contributed by atoms with Crippen LogP contribution in [0.2, 0.25) is 0 Å². The van der Waals surface area contributed by atoms with E-state index in [0.717, 1.165) is 45.2 Å². The number of rotatable bonds is 7. The van der Waals surface area contributed by atoms with Gasteiger partial charge in [-0.25, -0.2) is 8.78 Å². The summed E-state index contributed by atoms with van der Waals surface area (Å²) in [4.78, 5) is 17.0. The summed E-state index contributed by atoms with van der Waals surface area (Å²) in [6, 6.07) is 3.69. The zero-order chi connectivity index (χ0) is 20.9. The number of hydrogen-bond acceptors (Lipinski definition) is 4. The van der Waals surface area contributed by atoms with Gasteiger partial charge in [0.25, 0.3) is 0 Å². The molecule has 1 aromatic rings. The molecule has 0 radical (unpaired) electrons. The number of likely N-dealkylation sites (N-methyl/N-ethyl adjacent to an activating group) is 1. The Morgan fingerprint density at radius 1 is 1.21 bits per heavy atom. The van der Waals surface area contributed by atoms with E-state index in [-0.39, 0.29) is 24.0 Å². The van der Waals surface area contributed by atoms with Gasteiger partial charge in [-0.2, -0.15) is 0 Å². The lowest BCUT2D eigenvalue weighted by atomic mass is 9.79. The molecule has 1 saturated heterocycles. The first-order valence-corrected chi connectivity index (χ1v) is 10.7. The first-order chi connectivity index (χ1) is 13.9. The highest BCUT2D eigenvalue weighted by Gasteiger charge is 2.38. The SMILES string of the molecule is CC(c1ccc(F)c(F)c1)N(C)CC(=O)NCC1(N2CCOCC2)CCCCC1. The van der Waals surface area contributed by atoms with Crippen LogP contribution in [0.15, 0.2) is 18.2 Å². The van der Waals surface area contributed by atoms with Crippen LogP contribution >= 0.6 is 0 Å². The molecule has 0 spiro atoms. The van der Waals surface area contributed by atoms with Crippen molar-refractivity contribution in [2.75, 3.05) is 46.4 Å². The summed E-state index contributed by atoms with van der Waals surface area (Å²) in [5.41, 5.74) is 0.679. The van der Waals surface area contributed by atoms with Gasteiger partial charge in [-0.1, -0.05) is 25.3 Å². The number of benzene rings is 1. The Hall–Kier alpha value is -1.57. The van der Waals surface area contributed by atoms with Crippen molar-refractivity contribution in [1.82, 2.24) is 15.1 Å². The van der Waals surface area contributed by atoms with Crippen LogP contribution in [-0.4, -0.2) is 67.7 Å². The van der Waals surface area contributed by atoms with Gasteiger partial charge in [0.2, 0.25) is 5.91 Å². The average Bonchev–Trinajstić information content (AvgIpc) is 2.75. The van der Waals surface area contributed by atoms with E-state index in [1.54, 1.807) is 6.07 Å². The van der Waals surface area contributed by atoms with E-state index in [2.05, 4.69) is 10.2 Å². The van der Waals surface area contributed by atoms with Gasteiger partial charge in [0.1, 0.15) is 0 Å². The summed E-state index contributed by atoms with van der Waals surface area (Å²) < 4.78 is 32.2. The van der Waals surface area contributed by atoms with Crippen LogP contribution < -0.4 is 5.32 Å². The van der Waals surface area contributed by atoms with Crippen molar-refractivity contribution in [1.29, 1.82) is 0 Å². The maximum absolute atomic E-state index is 13.5. The average molecular weight is 410 g/mol. The van der Waals surface area contributed by atoms with Crippen LogP contribution in [0, 0.1) is 11.6 Å². The number of nitrogens with one attached hydrogen (secondary N) is 1. The smallest absolute Gasteiger partial charge is 0.234 e. The van der Waals surface area contributed by atoms with Crippen molar-refractivity contribution >= 4 is 5.91 Å². The Kier molecular flexibility index (Phi) is 7.60. The number of amides is 1. The third-order valence-electron chi connectivity index (χ3n) is 6.56. The van der Waals surface area contributed by atoms with Crippen molar-refractivity contribution in [2.24, 2.45) is 0 Å². The minimum atomic E-state index is -0.864. The standard InChI is InChI=1S/C22H33F2N3O2/c1-17(18-6-7-19(23)20(24)14-18)26(2)15-21(28)25-16-22(8-4-3-5-9-22)27-10-12-29-13-11-27/h6-7,14,17H,3-5,8-13,15-16H2,1-2H3,(H,25,28). The maximum atomic E-state index is 13.5. The van der Waals surface area contributed by atoms with Crippen molar-refractivity contribution < 1.29 is 18.3 Å². The Labute approximate surface area is 172 Å². The van der Waals surface area contributed by atoms with E-state index in [4.69, 9.17) is 4.74 Å². The lowest BCUT2D eigenvalue weighted by molar-refractivity contribution is -0.123. The molecule has 0 bridgehead atoms. The second kappa shape index (κ2) is 9.96. The van der Waals surface area contributed by atoms with Gasteiger partial charge in [-0.15, -0.1) is 0 Å². The molecule has 1 N–H and O–H groups in total. The van der Waals surface area contributed by atoms with E-state index in [0.29, 0.717) is 12.1 Å². The Balaban J connectivity index is 1.56. The van der Waals surface area contributed by atoms with Gasteiger partial charge >= 0.3 is 0 Å². The highest BCUT2D eigenvalue weighted by Crippen LogP contribution is 2.34. The second-order valence-corrected chi connectivity index (χ2v) is 8.43. The van der Waals surface area contributed by atoms with E-state index in [1.807, 2.05) is 18.9 Å². The molecular formula is C22H33F2N3O2. The third kappa shape index (κ3) is 5.53. The van der Waals surface area contributed by atoms with Crippen molar-refractivity contribution in [3.8, 4) is 0 Å². The number of morpholine rings is 1. The fraction of sp³-hybridized carbons (Fsp3) is 0.682. The third-order valence-corrected chi connectivity index (χ3v) is 6.56. The number of hydrogen-bond donors (Lipinski definition) is 1. The molecule has 5 nitrogen and oxygen atoms in total. The van der Waals surface area contributed by atoms with E-state index < -0.39 is 11.6 Å². The zero-order valence-corrected chi connectivity index (χ0v) is 17.6. The number of carbonyl (C=O) groups is 1. The van der Waals surface area contributed by atoms with Gasteiger partial charge in [-0.05, 0) is 44.5 Å². The summed E-state index contributed by atoms with van der Waals surface area (Å²) in [6.07, 6.45) is 5.86. The zero-order valence-electron chi connectivity index (χ0n) is 17.6. The fourth-order valence-electron chi connectivity index (χ4n) is 4.56. The van der Waals surface area contributed by atoms with Gasteiger partial charge < -0.3 is 10.1 Å². The highest BCUT2D eigenvalue weighted by molar-refractivity contribution is 5.78. The minimum absolute atomic E-state index is 0.0297. The van der Waals surface area contributed by atoms with E-state index in [1.165, 1.54) is 25.3 Å². The van der Waals surface area contributed by atoms with Crippen molar-refractivity contribution in [3.63, 3.8) is 0 Å². The maximum Gasteiger partial charge on any atom is 0.234 e. The van der Waals surface area contributed by atoms with Crippen LogP contribution in [0.25, 0.3) is 0 Å². The lowest BCUT2D eigenvalue weighted by Crippen LogP contribution is -2.60. The minimum Gasteiger partial charge on any atom is -0.379 e. The number of nitrogens with zero attached hydrogens (tertiary/aromatic N) is 2. The molecule has 3 rings (SSSR count). The Morgan fingerprint density at radius 2 is 1.90 bits per heavy atom. The monoisotopic (exact) mass is 409 g/mol. The molecule has 2 fully saturated rings. The highest BCUT2D eigenvalue weighted by atomic mass is 19.2. The van der Waals surface area contributed by atoms with Crippen LogP contribution in [0.4, 0.5) is 8.78 Å². The Bertz CT molecular complexity index is 689. The van der Waals surface area contributed by atoms with Crippen LogP contribution in [0.3, 0.4) is 0 Å². The summed E-state index contributed by atoms with van der Waals surface area (Å²) in [5, 5.41) is 3.15. The first kappa shape index (κ1) is 22.1. The molecule has 0 aromatic heterocycles. The van der Waals surface area contributed by atoms with Crippen LogP contribution in [0.5, 0.6) is 0 Å². The molecule has 1 aromatic carbocycles. The molecule has 1 aliphatic heterocycles. The van der Waals surface area contributed by atoms with Gasteiger partial charge in [0, 0.05) is 31.2 Å². The fourth-order valence-corrected chi connectivity index (χ4v) is 4.56. The molecule has 162 valence electrons. The number of carbonyl (C=O) groups excluding carboxylic acids is 1. The predicted octanol–water partition coefficient (Wildman–Crippen LogP) is 3.11. The quantitative estimate of drug-likeness (QED) is 0.752. The molecule has 1 atom stereocenters. The summed E-state index contributed by atoms with van der Waals surface area (Å²) in [7, 11) is 1.82. The molecule has 1 aliphatic carbocycles. The number of halogens is 2. The summed E-state index contributed by atoms with van der Waals surface area (Å²) in [6.45, 7) is 6.09. The van der Waals surface area contributed by atoms with E-state index in [9.17, 15) is 13.6 Å². The molecule has 1 heterocycles. The molecule has 2 aliphatic rings. The van der Waals surface area contributed by atoms with Crippen molar-refractivity contribution in [2.45, 2.75) is 50.6 Å². The predicted molar refractivity (Wildman–Crippen MR) is 109 cm³/mol. The second-order valence-electron chi connectivity index (χ2n) is 8.43. The van der Waals surface area contributed by atoms with Crippen LogP contribution in [-0.2, 0) is 9.53 Å². The van der Waals surface area contributed by atoms with Crippen molar-refractivity contribution in [3.05, 3.63) is 35.4 Å². The molecule has 7 heteroatoms. The van der Waals surface area contributed by atoms with E-state index >= 15 is 0 Å². The van der Waals surface area contributed by atoms with Gasteiger partial charge in [0.05, 0.1) is 19.8 Å². The molecule has 1 saturated carbocycles. The lowest BCUT2D eigenvalue weighted by Gasteiger charge is -2.48. The number of ether oxygens (including phenoxy) is 1. The Morgan fingerprint density at radius 3 is 2.55 bits per heavy atom. The normalized spacial score (nSPS) is 21.1. The largest absolute Gasteiger partial charge is 0.379 e. The molecule has 29 heavy (non-hydrogen) atoms. The topological polar surface area (TPSA) is 44.8 Å². The van der Waals surface area contributed by atoms with Crippen LogP contribution in [0.1, 0.15) is 50.6 Å².